The van der Waals surface area contributed by atoms with E-state index in [0.29, 0.717) is 10.2 Å². The van der Waals surface area contributed by atoms with Gasteiger partial charge in [-0.15, -0.1) is 0 Å². The summed E-state index contributed by atoms with van der Waals surface area (Å²) in [5.74, 6) is -0.254. The van der Waals surface area contributed by atoms with Gasteiger partial charge in [0, 0.05) is 23.1 Å². The lowest BCUT2D eigenvalue weighted by Crippen LogP contribution is -2.37. The van der Waals surface area contributed by atoms with Crippen molar-refractivity contribution >= 4 is 50.0 Å². The van der Waals surface area contributed by atoms with E-state index >= 15 is 0 Å². The normalized spacial score (nSPS) is 27.4. The fourth-order valence-electron chi connectivity index (χ4n) is 2.75. The van der Waals surface area contributed by atoms with Crippen LogP contribution < -0.4 is 4.90 Å². The number of anilines is 1. The number of halogens is 1. The van der Waals surface area contributed by atoms with Crippen LogP contribution in [0.1, 0.15) is 0 Å². The maximum absolute atomic E-state index is 11.9. The van der Waals surface area contributed by atoms with Crippen molar-refractivity contribution in [3.63, 3.8) is 0 Å². The van der Waals surface area contributed by atoms with Gasteiger partial charge in [0.1, 0.15) is 6.61 Å². The fourth-order valence-corrected chi connectivity index (χ4v) is 6.87. The first-order chi connectivity index (χ1) is 10.9. The van der Waals surface area contributed by atoms with E-state index in [1.165, 1.54) is 18.9 Å². The summed E-state index contributed by atoms with van der Waals surface area (Å²) in [5.41, 5.74) is 0.735. The number of aliphatic imine (C=N–C) groups is 1. The van der Waals surface area contributed by atoms with E-state index in [1.54, 1.807) is 23.1 Å². The Balaban J connectivity index is 1.99. The monoisotopic (exact) mass is 374 g/mol. The zero-order valence-corrected chi connectivity index (χ0v) is 14.7. The predicted molar refractivity (Wildman–Crippen MR) is 92.1 cm³/mol. The Kier molecular flexibility index (Phi) is 4.68. The molecule has 2 aliphatic heterocycles. The first-order valence-corrected chi connectivity index (χ1v) is 10.00. The van der Waals surface area contributed by atoms with Crippen molar-refractivity contribution in [1.82, 2.24) is 0 Å². The van der Waals surface area contributed by atoms with Crippen LogP contribution in [0.15, 0.2) is 29.3 Å². The Morgan fingerprint density at radius 1 is 1.48 bits per heavy atom. The Hall–Kier alpha value is -1.09. The molecule has 0 saturated carbocycles. The van der Waals surface area contributed by atoms with Crippen molar-refractivity contribution in [3.8, 4) is 0 Å². The molecule has 2 unspecified atom stereocenters. The highest BCUT2D eigenvalue weighted by atomic mass is 35.5. The fraction of sp³-hybridized carbons (Fsp3) is 0.429. The maximum Gasteiger partial charge on any atom is 0.274 e. The number of fused-ring (bicyclic) bond motifs is 1. The number of carbonyl (C=O) groups is 1. The van der Waals surface area contributed by atoms with Gasteiger partial charge in [0.2, 0.25) is 0 Å². The van der Waals surface area contributed by atoms with Crippen molar-refractivity contribution < 1.29 is 17.9 Å². The van der Waals surface area contributed by atoms with Crippen LogP contribution in [0.2, 0.25) is 5.02 Å². The Bertz CT molecular complexity index is 766. The average molecular weight is 375 g/mol. The smallest absolute Gasteiger partial charge is 0.274 e. The van der Waals surface area contributed by atoms with Crippen molar-refractivity contribution in [1.29, 1.82) is 0 Å². The summed E-state index contributed by atoms with van der Waals surface area (Å²) in [6.07, 6.45) is 0. The number of methoxy groups -OCH3 is 1. The summed E-state index contributed by atoms with van der Waals surface area (Å²) in [6, 6.07) is 6.86. The SMILES string of the molecule is COCC(=O)N=C1SC2CS(=O)(=O)CC2N1c1cccc(Cl)c1. The van der Waals surface area contributed by atoms with Gasteiger partial charge < -0.3 is 9.64 Å². The van der Waals surface area contributed by atoms with Gasteiger partial charge in [0.25, 0.3) is 5.91 Å². The second-order valence-corrected chi connectivity index (χ2v) is 9.17. The third-order valence-corrected chi connectivity index (χ3v) is 7.09. The highest BCUT2D eigenvalue weighted by Gasteiger charge is 2.49. The number of rotatable bonds is 3. The molecule has 3 rings (SSSR count). The van der Waals surface area contributed by atoms with E-state index in [0.717, 1.165) is 5.69 Å². The molecular weight excluding hydrogens is 360 g/mol. The summed E-state index contributed by atoms with van der Waals surface area (Å²) < 4.78 is 28.7. The summed E-state index contributed by atoms with van der Waals surface area (Å²) >= 11 is 7.37. The predicted octanol–water partition coefficient (Wildman–Crippen LogP) is 1.59. The van der Waals surface area contributed by atoms with E-state index in [9.17, 15) is 13.2 Å². The van der Waals surface area contributed by atoms with E-state index < -0.39 is 15.7 Å². The lowest BCUT2D eigenvalue weighted by Gasteiger charge is -2.24. The number of sulfone groups is 1. The van der Waals surface area contributed by atoms with Gasteiger partial charge in [0.05, 0.1) is 17.5 Å². The lowest BCUT2D eigenvalue weighted by atomic mass is 10.2. The summed E-state index contributed by atoms with van der Waals surface area (Å²) in [6.45, 7) is -0.110. The second-order valence-electron chi connectivity index (χ2n) is 5.37. The summed E-state index contributed by atoms with van der Waals surface area (Å²) in [7, 11) is -1.65. The van der Waals surface area contributed by atoms with Crippen molar-refractivity contribution in [3.05, 3.63) is 29.3 Å². The minimum Gasteiger partial charge on any atom is -0.375 e. The topological polar surface area (TPSA) is 76.0 Å². The third kappa shape index (κ3) is 3.55. The van der Waals surface area contributed by atoms with E-state index in [4.69, 9.17) is 16.3 Å². The van der Waals surface area contributed by atoms with Gasteiger partial charge in [-0.2, -0.15) is 4.99 Å². The Morgan fingerprint density at radius 3 is 2.96 bits per heavy atom. The Morgan fingerprint density at radius 2 is 2.26 bits per heavy atom. The molecule has 2 saturated heterocycles. The first kappa shape index (κ1) is 16.8. The highest BCUT2D eigenvalue weighted by molar-refractivity contribution is 8.16. The lowest BCUT2D eigenvalue weighted by molar-refractivity contribution is -0.121. The maximum atomic E-state index is 11.9. The molecule has 2 aliphatic rings. The minimum atomic E-state index is -3.08. The van der Waals surface area contributed by atoms with Crippen LogP contribution in [-0.4, -0.2) is 56.0 Å². The van der Waals surface area contributed by atoms with Crippen LogP contribution in [0, 0.1) is 0 Å². The number of amides is 1. The van der Waals surface area contributed by atoms with Crippen LogP contribution in [0.3, 0.4) is 0 Å². The second kappa shape index (κ2) is 6.43. The summed E-state index contributed by atoms with van der Waals surface area (Å²) in [5, 5.41) is 0.909. The molecule has 0 spiro atoms. The zero-order valence-electron chi connectivity index (χ0n) is 12.3. The van der Waals surface area contributed by atoms with E-state index in [1.807, 2.05) is 6.07 Å². The van der Waals surface area contributed by atoms with Crippen LogP contribution in [0.5, 0.6) is 0 Å². The molecule has 2 atom stereocenters. The highest BCUT2D eigenvalue weighted by Crippen LogP contribution is 2.41. The molecule has 0 aliphatic carbocycles. The number of thioether (sulfide) groups is 1. The zero-order chi connectivity index (χ0) is 16.6. The molecule has 0 bridgehead atoms. The molecule has 0 N–H and O–H groups in total. The largest absolute Gasteiger partial charge is 0.375 e. The van der Waals surface area contributed by atoms with E-state index in [-0.39, 0.29) is 29.4 Å². The first-order valence-electron chi connectivity index (χ1n) is 6.92. The molecule has 0 radical (unpaired) electrons. The van der Waals surface area contributed by atoms with Gasteiger partial charge in [0.15, 0.2) is 15.0 Å². The number of hydrogen-bond donors (Lipinski definition) is 0. The molecule has 124 valence electrons. The summed E-state index contributed by atoms with van der Waals surface area (Å²) in [4.78, 5) is 17.7. The number of nitrogens with zero attached hydrogens (tertiary/aromatic N) is 2. The van der Waals surface area contributed by atoms with Crippen molar-refractivity contribution in [2.75, 3.05) is 30.1 Å². The quantitative estimate of drug-likeness (QED) is 0.799. The van der Waals surface area contributed by atoms with Crippen LogP contribution >= 0.6 is 23.4 Å². The van der Waals surface area contributed by atoms with Gasteiger partial charge in [-0.3, -0.25) is 4.79 Å². The van der Waals surface area contributed by atoms with Gasteiger partial charge in [-0.05, 0) is 18.2 Å². The van der Waals surface area contributed by atoms with Crippen LogP contribution in [0.4, 0.5) is 5.69 Å². The number of amidine groups is 1. The molecule has 1 aromatic rings. The molecule has 2 heterocycles. The third-order valence-electron chi connectivity index (χ3n) is 3.64. The molecule has 1 aromatic carbocycles. The Labute approximate surface area is 143 Å². The average Bonchev–Trinajstić information content (AvgIpc) is 2.89. The standard InChI is InChI=1S/C14H15ClN2O4S2/c1-21-6-13(18)16-14-17(10-4-2-3-9(15)5-10)11-7-23(19,20)8-12(11)22-14/h2-5,11-12H,6-8H2,1H3. The molecule has 6 nitrogen and oxygen atoms in total. The molecule has 0 aromatic heterocycles. The molecule has 9 heteroatoms. The van der Waals surface area contributed by atoms with Crippen molar-refractivity contribution in [2.45, 2.75) is 11.3 Å². The van der Waals surface area contributed by atoms with Crippen LogP contribution in [0.25, 0.3) is 0 Å². The molecule has 1 amide bonds. The van der Waals surface area contributed by atoms with Gasteiger partial charge in [-0.1, -0.05) is 29.4 Å². The van der Waals surface area contributed by atoms with Gasteiger partial charge in [-0.25, -0.2) is 8.42 Å². The number of benzene rings is 1. The minimum absolute atomic E-state index is 0.0503. The van der Waals surface area contributed by atoms with E-state index in [2.05, 4.69) is 4.99 Å². The molecular formula is C14H15ClN2O4S2. The number of ether oxygens (including phenoxy) is 1. The molecule has 2 fully saturated rings. The molecule has 23 heavy (non-hydrogen) atoms. The van der Waals surface area contributed by atoms with Crippen LogP contribution in [-0.2, 0) is 19.4 Å². The number of carbonyl (C=O) groups excluding carboxylic acids is 1. The number of hydrogen-bond acceptors (Lipinski definition) is 5. The van der Waals surface area contributed by atoms with Crippen molar-refractivity contribution in [2.24, 2.45) is 4.99 Å². The van der Waals surface area contributed by atoms with Gasteiger partial charge >= 0.3 is 0 Å².